The van der Waals surface area contributed by atoms with E-state index in [9.17, 15) is 14.9 Å². The fourth-order valence-electron chi connectivity index (χ4n) is 2.22. The number of carbonyl (C=O) groups excluding carboxylic acids is 1. The van der Waals surface area contributed by atoms with E-state index in [1.807, 2.05) is 6.92 Å². The number of rotatable bonds is 7. The van der Waals surface area contributed by atoms with Crippen LogP contribution in [-0.2, 0) is 11.3 Å². The minimum atomic E-state index is -0.534. The Balaban J connectivity index is 1.60. The maximum absolute atomic E-state index is 12.0. The summed E-state index contributed by atoms with van der Waals surface area (Å²) in [7, 11) is 0. The number of hydrogen-bond donors (Lipinski definition) is 0. The van der Waals surface area contributed by atoms with Crippen LogP contribution in [0.5, 0.6) is 5.75 Å². The average Bonchev–Trinajstić information content (AvgIpc) is 3.16. The Morgan fingerprint density at radius 1 is 1.11 bits per heavy atom. The number of benzene rings is 2. The molecule has 0 aliphatic heterocycles. The predicted octanol–water partition coefficient (Wildman–Crippen LogP) is 3.40. The number of non-ortho nitro benzene ring substituents is 1. The quantitative estimate of drug-likeness (QED) is 0.353. The van der Waals surface area contributed by atoms with Crippen molar-refractivity contribution in [3.63, 3.8) is 0 Å². The largest absolute Gasteiger partial charge is 0.494 e. The lowest BCUT2D eigenvalue weighted by atomic mass is 10.2. The minimum Gasteiger partial charge on any atom is -0.494 e. The molecule has 0 aliphatic rings. The highest BCUT2D eigenvalue weighted by Crippen LogP contribution is 2.21. The van der Waals surface area contributed by atoms with Gasteiger partial charge in [-0.3, -0.25) is 10.1 Å². The molecule has 0 bridgehead atoms. The van der Waals surface area contributed by atoms with Gasteiger partial charge in [0.05, 0.1) is 17.1 Å². The molecule has 1 heterocycles. The van der Waals surface area contributed by atoms with E-state index >= 15 is 0 Å². The van der Waals surface area contributed by atoms with E-state index in [-0.39, 0.29) is 24.1 Å². The maximum atomic E-state index is 12.0. The standard InChI is InChI=1S/C18H15N3O6/c1-2-25-15-9-5-13(6-10-15)18(22)26-11-16-19-20-17(27-16)12-3-7-14(8-4-12)21(23)24/h3-10H,2,11H2,1H3. The van der Waals surface area contributed by atoms with Crippen molar-refractivity contribution in [2.24, 2.45) is 0 Å². The molecule has 0 amide bonds. The van der Waals surface area contributed by atoms with Crippen molar-refractivity contribution in [2.75, 3.05) is 6.61 Å². The molecule has 0 saturated heterocycles. The zero-order valence-electron chi connectivity index (χ0n) is 14.3. The first-order valence-corrected chi connectivity index (χ1v) is 8.04. The average molecular weight is 369 g/mol. The molecule has 0 saturated carbocycles. The zero-order valence-corrected chi connectivity index (χ0v) is 14.3. The van der Waals surface area contributed by atoms with E-state index in [0.29, 0.717) is 23.5 Å². The van der Waals surface area contributed by atoms with E-state index in [0.717, 1.165) is 0 Å². The number of nitro groups is 1. The normalized spacial score (nSPS) is 10.4. The van der Waals surface area contributed by atoms with Crippen molar-refractivity contribution in [1.82, 2.24) is 10.2 Å². The summed E-state index contributed by atoms with van der Waals surface area (Å²) < 4.78 is 15.9. The van der Waals surface area contributed by atoms with Crippen LogP contribution < -0.4 is 4.74 Å². The number of carbonyl (C=O) groups is 1. The van der Waals surface area contributed by atoms with Crippen LogP contribution in [0.4, 0.5) is 5.69 Å². The first kappa shape index (κ1) is 18.1. The Morgan fingerprint density at radius 2 is 1.81 bits per heavy atom. The summed E-state index contributed by atoms with van der Waals surface area (Å²) in [5.41, 5.74) is 0.855. The number of hydrogen-bond acceptors (Lipinski definition) is 8. The summed E-state index contributed by atoms with van der Waals surface area (Å²) >= 11 is 0. The van der Waals surface area contributed by atoms with Crippen molar-refractivity contribution in [1.29, 1.82) is 0 Å². The molecule has 1 aromatic heterocycles. The van der Waals surface area contributed by atoms with Gasteiger partial charge in [0, 0.05) is 17.7 Å². The second-order valence-corrected chi connectivity index (χ2v) is 5.34. The van der Waals surface area contributed by atoms with Crippen molar-refractivity contribution in [3.05, 3.63) is 70.1 Å². The summed E-state index contributed by atoms with van der Waals surface area (Å²) in [5.74, 6) is 0.423. The molecule has 9 nitrogen and oxygen atoms in total. The van der Waals surface area contributed by atoms with Gasteiger partial charge in [-0.25, -0.2) is 4.79 Å². The van der Waals surface area contributed by atoms with Crippen LogP contribution in [0.25, 0.3) is 11.5 Å². The van der Waals surface area contributed by atoms with Gasteiger partial charge in [-0.15, -0.1) is 10.2 Å². The number of nitrogens with zero attached hydrogens (tertiary/aromatic N) is 3. The van der Waals surface area contributed by atoms with Crippen LogP contribution in [0.3, 0.4) is 0 Å². The van der Waals surface area contributed by atoms with Gasteiger partial charge in [-0.05, 0) is 43.3 Å². The molecular formula is C18H15N3O6. The highest BCUT2D eigenvalue weighted by Gasteiger charge is 2.13. The van der Waals surface area contributed by atoms with Crippen LogP contribution in [-0.4, -0.2) is 27.7 Å². The fourth-order valence-corrected chi connectivity index (χ4v) is 2.22. The van der Waals surface area contributed by atoms with Crippen molar-refractivity contribution >= 4 is 11.7 Å². The van der Waals surface area contributed by atoms with Crippen molar-refractivity contribution < 1.29 is 23.6 Å². The van der Waals surface area contributed by atoms with Crippen LogP contribution in [0.2, 0.25) is 0 Å². The molecule has 0 atom stereocenters. The number of ether oxygens (including phenoxy) is 2. The summed E-state index contributed by atoms with van der Waals surface area (Å²) in [6.45, 7) is 2.22. The van der Waals surface area contributed by atoms with Gasteiger partial charge in [-0.1, -0.05) is 0 Å². The van der Waals surface area contributed by atoms with Gasteiger partial charge in [0.15, 0.2) is 6.61 Å². The Hall–Kier alpha value is -3.75. The number of nitro benzene ring substituents is 1. The monoisotopic (exact) mass is 369 g/mol. The van der Waals surface area contributed by atoms with Crippen LogP contribution >= 0.6 is 0 Å². The number of esters is 1. The molecule has 0 spiro atoms. The smallest absolute Gasteiger partial charge is 0.338 e. The first-order valence-electron chi connectivity index (χ1n) is 8.04. The van der Waals surface area contributed by atoms with E-state index < -0.39 is 10.9 Å². The molecule has 9 heteroatoms. The molecule has 138 valence electrons. The lowest BCUT2D eigenvalue weighted by molar-refractivity contribution is -0.384. The van der Waals surface area contributed by atoms with Gasteiger partial charge < -0.3 is 13.9 Å². The molecule has 0 fully saturated rings. The van der Waals surface area contributed by atoms with E-state index in [1.165, 1.54) is 24.3 Å². The molecule has 0 radical (unpaired) electrons. The highest BCUT2D eigenvalue weighted by molar-refractivity contribution is 5.89. The topological polar surface area (TPSA) is 118 Å². The molecule has 27 heavy (non-hydrogen) atoms. The Bertz CT molecular complexity index is 934. The minimum absolute atomic E-state index is 0.0391. The van der Waals surface area contributed by atoms with Gasteiger partial charge in [-0.2, -0.15) is 0 Å². The Morgan fingerprint density at radius 3 is 2.44 bits per heavy atom. The summed E-state index contributed by atoms with van der Waals surface area (Å²) in [4.78, 5) is 22.2. The van der Waals surface area contributed by atoms with E-state index in [2.05, 4.69) is 10.2 Å². The third-order valence-electron chi connectivity index (χ3n) is 3.52. The lowest BCUT2D eigenvalue weighted by Crippen LogP contribution is -2.05. The fraction of sp³-hybridized carbons (Fsp3) is 0.167. The molecule has 0 N–H and O–H groups in total. The Labute approximate surface area is 153 Å². The maximum Gasteiger partial charge on any atom is 0.338 e. The molecule has 0 aliphatic carbocycles. The Kier molecular flexibility index (Phi) is 5.41. The van der Waals surface area contributed by atoms with Crippen molar-refractivity contribution in [3.8, 4) is 17.2 Å². The first-order chi connectivity index (χ1) is 13.1. The summed E-state index contributed by atoms with van der Waals surface area (Å²) in [5, 5.41) is 18.3. The van der Waals surface area contributed by atoms with Crippen LogP contribution in [0, 0.1) is 10.1 Å². The van der Waals surface area contributed by atoms with Gasteiger partial charge in [0.1, 0.15) is 5.75 Å². The van der Waals surface area contributed by atoms with E-state index in [1.54, 1.807) is 24.3 Å². The molecule has 3 aromatic rings. The second-order valence-electron chi connectivity index (χ2n) is 5.34. The second kappa shape index (κ2) is 8.09. The van der Waals surface area contributed by atoms with E-state index in [4.69, 9.17) is 13.9 Å². The van der Waals surface area contributed by atoms with Gasteiger partial charge in [0.25, 0.3) is 11.6 Å². The highest BCUT2D eigenvalue weighted by atomic mass is 16.6. The number of aromatic nitrogens is 2. The molecule has 2 aromatic carbocycles. The zero-order chi connectivity index (χ0) is 19.2. The predicted molar refractivity (Wildman–Crippen MR) is 93.1 cm³/mol. The van der Waals surface area contributed by atoms with Gasteiger partial charge in [0.2, 0.25) is 5.89 Å². The molecule has 0 unspecified atom stereocenters. The summed E-state index contributed by atoms with van der Waals surface area (Å²) in [6, 6.07) is 12.2. The lowest BCUT2D eigenvalue weighted by Gasteiger charge is -2.04. The van der Waals surface area contributed by atoms with Gasteiger partial charge >= 0.3 is 5.97 Å². The summed E-state index contributed by atoms with van der Waals surface area (Å²) in [6.07, 6.45) is 0. The molecular weight excluding hydrogens is 354 g/mol. The SMILES string of the molecule is CCOc1ccc(C(=O)OCc2nnc(-c3ccc([N+](=O)[O-])cc3)o2)cc1. The molecule has 3 rings (SSSR count). The van der Waals surface area contributed by atoms with Crippen LogP contribution in [0.1, 0.15) is 23.2 Å². The third-order valence-corrected chi connectivity index (χ3v) is 3.52. The van der Waals surface area contributed by atoms with Crippen molar-refractivity contribution in [2.45, 2.75) is 13.5 Å². The van der Waals surface area contributed by atoms with Crippen LogP contribution in [0.15, 0.2) is 52.9 Å². The third kappa shape index (κ3) is 4.46.